The maximum Gasteiger partial charge on any atom is 0.119 e. The van der Waals surface area contributed by atoms with Crippen molar-refractivity contribution in [2.24, 2.45) is 0 Å². The molecule has 1 atom stereocenters. The summed E-state index contributed by atoms with van der Waals surface area (Å²) in [5.74, 6) is 0.184. The second-order valence-corrected chi connectivity index (χ2v) is 3.64. The number of rotatable bonds is 1. The zero-order chi connectivity index (χ0) is 9.97. The second-order valence-electron chi connectivity index (χ2n) is 3.64. The summed E-state index contributed by atoms with van der Waals surface area (Å²) < 4.78 is 5.55. The van der Waals surface area contributed by atoms with E-state index in [4.69, 9.17) is 4.74 Å². The van der Waals surface area contributed by atoms with E-state index in [9.17, 15) is 10.2 Å². The predicted octanol–water partition coefficient (Wildman–Crippen LogP) is 2.34. The summed E-state index contributed by atoms with van der Waals surface area (Å²) in [4.78, 5) is 0. The third kappa shape index (κ3) is 1.99. The Kier molecular flexibility index (Phi) is 2.59. The summed E-state index contributed by atoms with van der Waals surface area (Å²) >= 11 is 0. The molecule has 1 fully saturated rings. The number of phenolic OH excluding ortho intramolecular Hbond substituents is 2. The van der Waals surface area contributed by atoms with Gasteiger partial charge in [-0.2, -0.15) is 0 Å². The second kappa shape index (κ2) is 3.88. The molecule has 2 rings (SSSR count). The van der Waals surface area contributed by atoms with Crippen molar-refractivity contribution < 1.29 is 14.9 Å². The molecule has 0 saturated carbocycles. The molecule has 14 heavy (non-hydrogen) atoms. The summed E-state index contributed by atoms with van der Waals surface area (Å²) in [6.45, 7) is 0.765. The van der Waals surface area contributed by atoms with Gasteiger partial charge in [-0.15, -0.1) is 0 Å². The van der Waals surface area contributed by atoms with E-state index in [0.717, 1.165) is 31.4 Å². The third-order valence-corrected chi connectivity index (χ3v) is 2.48. The molecule has 0 aliphatic carbocycles. The summed E-state index contributed by atoms with van der Waals surface area (Å²) in [6.07, 6.45) is 3.23. The van der Waals surface area contributed by atoms with Gasteiger partial charge in [0.2, 0.25) is 0 Å². The predicted molar refractivity (Wildman–Crippen MR) is 52.3 cm³/mol. The Hall–Kier alpha value is -1.22. The average Bonchev–Trinajstić information content (AvgIpc) is 2.18. The monoisotopic (exact) mass is 194 g/mol. The largest absolute Gasteiger partial charge is 0.508 e. The van der Waals surface area contributed by atoms with Crippen LogP contribution in [0.2, 0.25) is 0 Å². The minimum absolute atomic E-state index is 0.0294. The van der Waals surface area contributed by atoms with Crippen molar-refractivity contribution in [1.82, 2.24) is 0 Å². The highest BCUT2D eigenvalue weighted by molar-refractivity contribution is 5.37. The first-order chi connectivity index (χ1) is 6.75. The molecule has 1 aromatic rings. The van der Waals surface area contributed by atoms with Gasteiger partial charge in [0.15, 0.2) is 0 Å². The maximum atomic E-state index is 9.31. The van der Waals surface area contributed by atoms with Crippen LogP contribution in [0.1, 0.15) is 30.9 Å². The number of aromatic hydroxyl groups is 2. The Morgan fingerprint density at radius 3 is 2.36 bits per heavy atom. The summed E-state index contributed by atoms with van der Waals surface area (Å²) in [5, 5.41) is 18.6. The summed E-state index contributed by atoms with van der Waals surface area (Å²) in [7, 11) is 0. The van der Waals surface area contributed by atoms with Crippen LogP contribution in [-0.2, 0) is 4.74 Å². The fourth-order valence-corrected chi connectivity index (χ4v) is 1.81. The first kappa shape index (κ1) is 9.34. The molecule has 3 heteroatoms. The highest BCUT2D eigenvalue weighted by atomic mass is 16.5. The topological polar surface area (TPSA) is 49.7 Å². The van der Waals surface area contributed by atoms with Gasteiger partial charge in [-0.1, -0.05) is 0 Å². The minimum atomic E-state index is 0.0294. The molecule has 0 bridgehead atoms. The lowest BCUT2D eigenvalue weighted by Crippen LogP contribution is -2.11. The molecule has 0 radical (unpaired) electrons. The van der Waals surface area contributed by atoms with Crippen LogP contribution >= 0.6 is 0 Å². The molecule has 0 spiro atoms. The number of ether oxygens (including phenoxy) is 1. The van der Waals surface area contributed by atoms with Crippen LogP contribution in [0.3, 0.4) is 0 Å². The van der Waals surface area contributed by atoms with E-state index in [2.05, 4.69) is 0 Å². The van der Waals surface area contributed by atoms with Crippen molar-refractivity contribution in [3.05, 3.63) is 23.8 Å². The Morgan fingerprint density at radius 2 is 1.79 bits per heavy atom. The molecule has 3 nitrogen and oxygen atoms in total. The van der Waals surface area contributed by atoms with Crippen molar-refractivity contribution >= 4 is 0 Å². The maximum absolute atomic E-state index is 9.31. The molecular weight excluding hydrogens is 180 g/mol. The highest BCUT2D eigenvalue weighted by Gasteiger charge is 2.16. The fraction of sp³-hybridized carbons (Fsp3) is 0.455. The minimum Gasteiger partial charge on any atom is -0.508 e. The van der Waals surface area contributed by atoms with E-state index < -0.39 is 0 Å². The Morgan fingerprint density at radius 1 is 1.07 bits per heavy atom. The Balaban J connectivity index is 2.21. The van der Waals surface area contributed by atoms with E-state index in [1.54, 1.807) is 12.1 Å². The third-order valence-electron chi connectivity index (χ3n) is 2.48. The van der Waals surface area contributed by atoms with E-state index in [-0.39, 0.29) is 17.6 Å². The molecular formula is C11H14O3. The molecule has 1 aliphatic rings. The van der Waals surface area contributed by atoms with E-state index in [0.29, 0.717) is 0 Å². The van der Waals surface area contributed by atoms with Gasteiger partial charge in [-0.25, -0.2) is 0 Å². The van der Waals surface area contributed by atoms with Gasteiger partial charge < -0.3 is 14.9 Å². The standard InChI is InChI=1S/C11H14O3/c12-9-5-8(6-10(13)7-9)11-3-1-2-4-14-11/h5-7,11-13H,1-4H2. The lowest BCUT2D eigenvalue weighted by atomic mass is 10.0. The van der Waals surface area contributed by atoms with Gasteiger partial charge in [-0.05, 0) is 37.0 Å². The lowest BCUT2D eigenvalue weighted by Gasteiger charge is -2.23. The zero-order valence-corrected chi connectivity index (χ0v) is 7.94. The molecule has 76 valence electrons. The van der Waals surface area contributed by atoms with Gasteiger partial charge in [-0.3, -0.25) is 0 Å². The molecule has 1 aromatic carbocycles. The smallest absolute Gasteiger partial charge is 0.119 e. The molecule has 1 saturated heterocycles. The highest BCUT2D eigenvalue weighted by Crippen LogP contribution is 2.32. The van der Waals surface area contributed by atoms with Crippen LogP contribution in [0.5, 0.6) is 11.5 Å². The molecule has 0 amide bonds. The zero-order valence-electron chi connectivity index (χ0n) is 7.94. The van der Waals surface area contributed by atoms with Crippen LogP contribution in [0.25, 0.3) is 0 Å². The molecule has 0 aromatic heterocycles. The van der Waals surface area contributed by atoms with Crippen LogP contribution in [0, 0.1) is 0 Å². The first-order valence-electron chi connectivity index (χ1n) is 4.90. The van der Waals surface area contributed by atoms with E-state index >= 15 is 0 Å². The summed E-state index contributed by atoms with van der Waals surface area (Å²) in [5.41, 5.74) is 0.863. The Labute approximate surface area is 83.0 Å². The fourth-order valence-electron chi connectivity index (χ4n) is 1.81. The molecule has 1 aliphatic heterocycles. The number of benzene rings is 1. The van der Waals surface area contributed by atoms with Gasteiger partial charge in [0.25, 0.3) is 0 Å². The van der Waals surface area contributed by atoms with Crippen LogP contribution in [0.15, 0.2) is 18.2 Å². The number of hydrogen-bond donors (Lipinski definition) is 2. The van der Waals surface area contributed by atoms with E-state index in [1.165, 1.54) is 6.07 Å². The van der Waals surface area contributed by atoms with Gasteiger partial charge >= 0.3 is 0 Å². The van der Waals surface area contributed by atoms with Gasteiger partial charge in [0.1, 0.15) is 11.5 Å². The molecule has 2 N–H and O–H groups in total. The molecule has 1 heterocycles. The van der Waals surface area contributed by atoms with E-state index in [1.807, 2.05) is 0 Å². The van der Waals surface area contributed by atoms with Crippen molar-refractivity contribution in [2.75, 3.05) is 6.61 Å². The number of hydrogen-bond acceptors (Lipinski definition) is 3. The molecule has 1 unspecified atom stereocenters. The SMILES string of the molecule is Oc1cc(O)cc(C2CCCCO2)c1. The lowest BCUT2D eigenvalue weighted by molar-refractivity contribution is 0.0147. The van der Waals surface area contributed by atoms with Gasteiger partial charge in [0.05, 0.1) is 6.10 Å². The first-order valence-corrected chi connectivity index (χ1v) is 4.90. The Bertz CT molecular complexity index is 296. The summed E-state index contributed by atoms with van der Waals surface area (Å²) in [6, 6.07) is 4.62. The normalized spacial score (nSPS) is 22.1. The van der Waals surface area contributed by atoms with Crippen molar-refractivity contribution in [1.29, 1.82) is 0 Å². The number of phenols is 2. The van der Waals surface area contributed by atoms with Crippen molar-refractivity contribution in [2.45, 2.75) is 25.4 Å². The quantitative estimate of drug-likeness (QED) is 0.721. The van der Waals surface area contributed by atoms with Gasteiger partial charge in [0, 0.05) is 12.7 Å². The van der Waals surface area contributed by atoms with Crippen molar-refractivity contribution in [3.63, 3.8) is 0 Å². The van der Waals surface area contributed by atoms with Crippen LogP contribution in [0.4, 0.5) is 0 Å². The van der Waals surface area contributed by atoms with Crippen LogP contribution < -0.4 is 0 Å². The van der Waals surface area contributed by atoms with Crippen molar-refractivity contribution in [3.8, 4) is 11.5 Å². The average molecular weight is 194 g/mol. The van der Waals surface area contributed by atoms with Crippen LogP contribution in [-0.4, -0.2) is 16.8 Å².